The van der Waals surface area contributed by atoms with Crippen LogP contribution < -0.4 is 10.6 Å². The quantitative estimate of drug-likeness (QED) is 0.717. The largest absolute Gasteiger partial charge is 0.314 e. The smallest absolute Gasteiger partial charge is 0.194 e. The van der Waals surface area contributed by atoms with E-state index in [1.807, 2.05) is 0 Å². The first-order chi connectivity index (χ1) is 7.61. The molecule has 5 heteroatoms. The van der Waals surface area contributed by atoms with Gasteiger partial charge in [0, 0.05) is 25.7 Å². The van der Waals surface area contributed by atoms with Crippen LogP contribution in [0.1, 0.15) is 17.2 Å². The van der Waals surface area contributed by atoms with E-state index in [2.05, 4.69) is 10.6 Å². The summed E-state index contributed by atoms with van der Waals surface area (Å²) in [5, 5.41) is 6.24. The second kappa shape index (κ2) is 4.43. The van der Waals surface area contributed by atoms with Gasteiger partial charge < -0.3 is 10.6 Å². The molecule has 1 aliphatic heterocycles. The van der Waals surface area contributed by atoms with Crippen LogP contribution >= 0.6 is 0 Å². The van der Waals surface area contributed by atoms with Gasteiger partial charge in [-0.1, -0.05) is 0 Å². The second-order valence-corrected chi connectivity index (χ2v) is 3.91. The molecule has 0 saturated carbocycles. The molecule has 1 aromatic rings. The lowest BCUT2D eigenvalue weighted by Gasteiger charge is -2.26. The van der Waals surface area contributed by atoms with E-state index in [1.54, 1.807) is 0 Å². The first kappa shape index (κ1) is 11.4. The Bertz CT molecular complexity index is 401. The molecule has 1 heterocycles. The van der Waals surface area contributed by atoms with Crippen LogP contribution in [0, 0.1) is 24.4 Å². The Morgan fingerprint density at radius 1 is 1.19 bits per heavy atom. The summed E-state index contributed by atoms with van der Waals surface area (Å²) in [6.07, 6.45) is 0. The Labute approximate surface area is 91.8 Å². The van der Waals surface area contributed by atoms with E-state index < -0.39 is 17.5 Å². The van der Waals surface area contributed by atoms with Crippen molar-refractivity contribution < 1.29 is 13.2 Å². The van der Waals surface area contributed by atoms with Crippen LogP contribution in [0.3, 0.4) is 0 Å². The minimum atomic E-state index is -1.40. The van der Waals surface area contributed by atoms with Crippen molar-refractivity contribution in [3.63, 3.8) is 0 Å². The summed E-state index contributed by atoms with van der Waals surface area (Å²) in [6, 6.07) is 0.900. The molecule has 0 aromatic heterocycles. The van der Waals surface area contributed by atoms with Gasteiger partial charge in [-0.3, -0.25) is 0 Å². The van der Waals surface area contributed by atoms with Crippen LogP contribution in [-0.4, -0.2) is 19.6 Å². The summed E-state index contributed by atoms with van der Waals surface area (Å²) in [4.78, 5) is 0. The van der Waals surface area contributed by atoms with Crippen molar-refractivity contribution in [2.24, 2.45) is 0 Å². The molecule has 0 radical (unpaired) electrons. The molecule has 0 aliphatic carbocycles. The summed E-state index contributed by atoms with van der Waals surface area (Å²) in [5.41, 5.74) is 0.642. The molecule has 2 N–H and O–H groups in total. The highest BCUT2D eigenvalue weighted by Gasteiger charge is 2.22. The van der Waals surface area contributed by atoms with Crippen molar-refractivity contribution in [3.8, 4) is 0 Å². The third-order valence-corrected chi connectivity index (χ3v) is 2.86. The van der Waals surface area contributed by atoms with Crippen molar-refractivity contribution in [3.05, 3.63) is 34.6 Å². The molecule has 1 aromatic carbocycles. The molecule has 0 amide bonds. The normalized spacial score (nSPS) is 21.1. The molecule has 2 nitrogen and oxygen atoms in total. The number of piperazine rings is 1. The zero-order chi connectivity index (χ0) is 11.7. The van der Waals surface area contributed by atoms with E-state index in [9.17, 15) is 13.2 Å². The van der Waals surface area contributed by atoms with Gasteiger partial charge in [0.05, 0.1) is 0 Å². The van der Waals surface area contributed by atoms with E-state index >= 15 is 0 Å². The molecule has 0 bridgehead atoms. The van der Waals surface area contributed by atoms with E-state index in [4.69, 9.17) is 0 Å². The Morgan fingerprint density at radius 2 is 1.94 bits per heavy atom. The molecule has 0 spiro atoms. The van der Waals surface area contributed by atoms with Crippen molar-refractivity contribution in [2.45, 2.75) is 13.0 Å². The van der Waals surface area contributed by atoms with E-state index in [-0.39, 0.29) is 11.6 Å². The minimum absolute atomic E-state index is 0.167. The van der Waals surface area contributed by atoms with Crippen molar-refractivity contribution in [2.75, 3.05) is 19.6 Å². The fraction of sp³-hybridized carbons (Fsp3) is 0.455. The van der Waals surface area contributed by atoms with Gasteiger partial charge in [-0.25, -0.2) is 13.2 Å². The molecule has 2 rings (SSSR count). The summed E-state index contributed by atoms with van der Waals surface area (Å²) in [5.74, 6) is -3.63. The number of hydrogen-bond donors (Lipinski definition) is 2. The first-order valence-electron chi connectivity index (χ1n) is 5.19. The molecule has 1 aliphatic rings. The number of halogens is 3. The maximum atomic E-state index is 13.3. The van der Waals surface area contributed by atoms with E-state index in [1.165, 1.54) is 6.92 Å². The lowest BCUT2D eigenvalue weighted by atomic mass is 9.99. The van der Waals surface area contributed by atoms with Crippen LogP contribution in [-0.2, 0) is 0 Å². The third-order valence-electron chi connectivity index (χ3n) is 2.86. The third kappa shape index (κ3) is 1.92. The average Bonchev–Trinajstić information content (AvgIpc) is 2.32. The number of benzene rings is 1. The van der Waals surface area contributed by atoms with Crippen LogP contribution in [0.15, 0.2) is 6.07 Å². The number of hydrogen-bond acceptors (Lipinski definition) is 2. The lowest BCUT2D eigenvalue weighted by Crippen LogP contribution is -2.43. The van der Waals surface area contributed by atoms with Crippen LogP contribution in [0.5, 0.6) is 0 Å². The molecular formula is C11H13F3N2. The van der Waals surface area contributed by atoms with Crippen LogP contribution in [0.25, 0.3) is 0 Å². The summed E-state index contributed by atoms with van der Waals surface area (Å²) < 4.78 is 39.4. The van der Waals surface area contributed by atoms with Gasteiger partial charge >= 0.3 is 0 Å². The standard InChI is InChI=1S/C11H13F3N2/c1-6-7(9-5-15-2-3-16-9)4-8(12)11(14)10(6)13/h4,9,15-16H,2-3,5H2,1H3. The number of rotatable bonds is 1. The average molecular weight is 230 g/mol. The lowest BCUT2D eigenvalue weighted by molar-refractivity contribution is 0.410. The molecule has 1 unspecified atom stereocenters. The van der Waals surface area contributed by atoms with Gasteiger partial charge in [-0.2, -0.15) is 0 Å². The monoisotopic (exact) mass is 230 g/mol. The van der Waals surface area contributed by atoms with Gasteiger partial charge in [0.25, 0.3) is 0 Å². The van der Waals surface area contributed by atoms with Crippen molar-refractivity contribution >= 4 is 0 Å². The Kier molecular flexibility index (Phi) is 3.16. The fourth-order valence-electron chi connectivity index (χ4n) is 1.94. The van der Waals surface area contributed by atoms with E-state index in [0.29, 0.717) is 12.1 Å². The predicted molar refractivity (Wildman–Crippen MR) is 54.7 cm³/mol. The van der Waals surface area contributed by atoms with Gasteiger partial charge in [0.15, 0.2) is 17.5 Å². The fourth-order valence-corrected chi connectivity index (χ4v) is 1.94. The molecule has 1 saturated heterocycles. The zero-order valence-electron chi connectivity index (χ0n) is 8.91. The first-order valence-corrected chi connectivity index (χ1v) is 5.19. The predicted octanol–water partition coefficient (Wildman–Crippen LogP) is 1.65. The van der Waals surface area contributed by atoms with Gasteiger partial charge in [-0.15, -0.1) is 0 Å². The second-order valence-electron chi connectivity index (χ2n) is 3.91. The molecular weight excluding hydrogens is 217 g/mol. The van der Waals surface area contributed by atoms with Crippen molar-refractivity contribution in [1.82, 2.24) is 10.6 Å². The summed E-state index contributed by atoms with van der Waals surface area (Å²) in [7, 11) is 0. The Hall–Kier alpha value is -1.07. The highest BCUT2D eigenvalue weighted by molar-refractivity contribution is 5.32. The molecule has 1 atom stereocenters. The van der Waals surface area contributed by atoms with Gasteiger partial charge in [0.2, 0.25) is 0 Å². The van der Waals surface area contributed by atoms with Crippen molar-refractivity contribution in [1.29, 1.82) is 0 Å². The van der Waals surface area contributed by atoms with Gasteiger partial charge in [-0.05, 0) is 24.1 Å². The van der Waals surface area contributed by atoms with Gasteiger partial charge in [0.1, 0.15) is 0 Å². The SMILES string of the molecule is Cc1c(C2CNCCN2)cc(F)c(F)c1F. The van der Waals surface area contributed by atoms with Crippen LogP contribution in [0.4, 0.5) is 13.2 Å². The highest BCUT2D eigenvalue weighted by atomic mass is 19.2. The summed E-state index contributed by atoms with van der Waals surface area (Å²) in [6.45, 7) is 3.60. The van der Waals surface area contributed by atoms with Crippen LogP contribution in [0.2, 0.25) is 0 Å². The topological polar surface area (TPSA) is 24.1 Å². The molecule has 1 fully saturated rings. The highest BCUT2D eigenvalue weighted by Crippen LogP contribution is 2.24. The summed E-state index contributed by atoms with van der Waals surface area (Å²) >= 11 is 0. The molecule has 88 valence electrons. The van der Waals surface area contributed by atoms with E-state index in [0.717, 1.165) is 19.2 Å². The maximum Gasteiger partial charge on any atom is 0.194 e. The Balaban J connectivity index is 2.40. The zero-order valence-corrected chi connectivity index (χ0v) is 8.91. The minimum Gasteiger partial charge on any atom is -0.314 e. The molecule has 16 heavy (non-hydrogen) atoms. The maximum absolute atomic E-state index is 13.3. The number of nitrogens with one attached hydrogen (secondary N) is 2. The Morgan fingerprint density at radius 3 is 2.56 bits per heavy atom.